The third kappa shape index (κ3) is 6.82. The first kappa shape index (κ1) is 27.8. The minimum Gasteiger partial charge on any atom is -0.388 e. The quantitative estimate of drug-likeness (QED) is 0.325. The summed E-state index contributed by atoms with van der Waals surface area (Å²) in [6.45, 7) is 2.16. The average Bonchev–Trinajstić information content (AvgIpc) is 2.02. The molecule has 2 unspecified atom stereocenters. The van der Waals surface area contributed by atoms with Crippen molar-refractivity contribution >= 4 is 11.6 Å². The number of ketones is 2. The molecule has 0 aromatic carbocycles. The third-order valence-electron chi connectivity index (χ3n) is 2.32. The maximum Gasteiger partial charge on any atom is 0.192 e. The molecule has 0 aliphatic heterocycles. The van der Waals surface area contributed by atoms with E-state index in [1.165, 1.54) is 0 Å². The zero-order valence-electron chi connectivity index (χ0n) is 9.60. The normalized spacial score (nSPS) is 16.4. The van der Waals surface area contributed by atoms with Crippen molar-refractivity contribution in [1.82, 2.24) is 0 Å². The van der Waals surface area contributed by atoms with Crippen LogP contribution in [0.3, 0.4) is 0 Å². The van der Waals surface area contributed by atoms with Crippen molar-refractivity contribution in [3.8, 4) is 0 Å². The van der Waals surface area contributed by atoms with Gasteiger partial charge in [-0.3, -0.25) is 9.59 Å². The monoisotopic (exact) mass is 871 g/mol. The Labute approximate surface area is 202 Å². The summed E-state index contributed by atoms with van der Waals surface area (Å²) in [5.41, 5.74) is -4.43. The van der Waals surface area contributed by atoms with Gasteiger partial charge in [-0.1, -0.05) is 0 Å². The van der Waals surface area contributed by atoms with Crippen LogP contribution in [-0.2, 0) is 9.59 Å². The molecule has 0 aliphatic rings. The summed E-state index contributed by atoms with van der Waals surface area (Å²) in [5, 5.41) is 27.5. The van der Waals surface area contributed by atoms with Gasteiger partial charge in [-0.2, -0.15) is 0 Å². The van der Waals surface area contributed by atoms with Crippen LogP contribution in [0.5, 0.6) is 0 Å². The Morgan fingerprint density at radius 2 is 1.31 bits per heavy atom. The van der Waals surface area contributed by atoms with Gasteiger partial charge in [0.05, 0.1) is 0 Å². The van der Waals surface area contributed by atoms with E-state index in [-0.39, 0.29) is 132 Å². The number of aliphatic hydroxyl groups excluding tert-OH is 1. The first-order valence-corrected chi connectivity index (χ1v) is 3.78. The molecule has 8 heteroatoms. The molecule has 16 heavy (non-hydrogen) atoms. The van der Waals surface area contributed by atoms with Crippen molar-refractivity contribution in [3.63, 3.8) is 0 Å². The molecule has 0 fully saturated rings. The first-order valence-electron chi connectivity index (χ1n) is 3.78. The van der Waals surface area contributed by atoms with Gasteiger partial charge in [-0.25, -0.2) is 0 Å². The van der Waals surface area contributed by atoms with E-state index < -0.39 is 29.4 Å². The van der Waals surface area contributed by atoms with E-state index in [9.17, 15) is 19.8 Å². The third-order valence-corrected chi connectivity index (χ3v) is 2.32. The molecule has 0 spiro atoms. The van der Waals surface area contributed by atoms with Crippen LogP contribution in [0.2, 0.25) is 0 Å². The Kier molecular flexibility index (Phi) is 19.5. The number of carbonyl (C=O) groups excluding carboxylic acids is 2. The van der Waals surface area contributed by atoms with E-state index in [0.29, 0.717) is 0 Å². The molecule has 0 saturated carbocycles. The van der Waals surface area contributed by atoms with E-state index >= 15 is 0 Å². The van der Waals surface area contributed by atoms with Crippen LogP contribution >= 0.6 is 0 Å². The van der Waals surface area contributed by atoms with Crippen LogP contribution in [0.15, 0.2) is 0 Å². The van der Waals surface area contributed by atoms with Crippen LogP contribution in [-0.4, -0.2) is 44.7 Å². The topological polar surface area (TPSA) is 94.8 Å². The summed E-state index contributed by atoms with van der Waals surface area (Å²) in [6.07, 6.45) is 0. The van der Waals surface area contributed by atoms with Crippen LogP contribution in [0.25, 0.3) is 0 Å². The van der Waals surface area contributed by atoms with E-state index in [0.717, 1.165) is 20.8 Å². The van der Waals surface area contributed by atoms with Gasteiger partial charge in [0.15, 0.2) is 22.8 Å². The fraction of sp³-hybridized carbons (Fsp3) is 0.750. The summed E-state index contributed by atoms with van der Waals surface area (Å²) in [7, 11) is 0. The molecule has 5 nitrogen and oxygen atoms in total. The van der Waals surface area contributed by atoms with E-state index in [1.807, 2.05) is 0 Å². The van der Waals surface area contributed by atoms with Crippen molar-refractivity contribution in [3.05, 3.63) is 0 Å². The molecular formula is C8H14Ac3O5. The fourth-order valence-electron chi connectivity index (χ4n) is 0.768. The van der Waals surface area contributed by atoms with Crippen LogP contribution in [0.4, 0.5) is 0 Å². The number of aliphatic hydroxyl groups is 3. The first-order chi connectivity index (χ1) is 5.67. The average molecular weight is 871 g/mol. The Hall–Kier alpha value is 3.54. The Morgan fingerprint density at radius 1 is 1.00 bits per heavy atom. The molecule has 3 N–H and O–H groups in total. The molecule has 3 radical (unpaired) electrons. The van der Waals surface area contributed by atoms with Crippen LogP contribution in [0, 0.1) is 132 Å². The molecule has 0 bridgehead atoms. The van der Waals surface area contributed by atoms with Crippen molar-refractivity contribution in [1.29, 1.82) is 0 Å². The zero-order chi connectivity index (χ0) is 10.9. The molecule has 0 aromatic heterocycles. The minimum atomic E-state index is -2.26. The number of rotatable bonds is 4. The van der Waals surface area contributed by atoms with Crippen LogP contribution < -0.4 is 0 Å². The van der Waals surface area contributed by atoms with Gasteiger partial charge >= 0.3 is 0 Å². The SMILES string of the molecule is CC(=O)C(C)(O)C(C)(O)C(=O)CO.[Ac].[Ac].[Ac]. The van der Waals surface area contributed by atoms with Gasteiger partial charge in [0.2, 0.25) is 0 Å². The number of hydrogen-bond donors (Lipinski definition) is 3. The molecule has 0 amide bonds. The van der Waals surface area contributed by atoms with Gasteiger partial charge in [0.25, 0.3) is 0 Å². The van der Waals surface area contributed by atoms with E-state index in [2.05, 4.69) is 0 Å². The van der Waals surface area contributed by atoms with Crippen LogP contribution in [0.1, 0.15) is 20.8 Å². The Morgan fingerprint density at radius 3 is 1.50 bits per heavy atom. The second-order valence-corrected chi connectivity index (χ2v) is 3.28. The van der Waals surface area contributed by atoms with E-state index in [4.69, 9.17) is 5.11 Å². The smallest absolute Gasteiger partial charge is 0.192 e. The summed E-state index contributed by atoms with van der Waals surface area (Å²) >= 11 is 0. The molecular weight excluding hydrogens is 857 g/mol. The van der Waals surface area contributed by atoms with Crippen molar-refractivity contribution in [2.75, 3.05) is 6.61 Å². The second-order valence-electron chi connectivity index (χ2n) is 3.28. The molecule has 85 valence electrons. The number of carbonyl (C=O) groups is 2. The fourth-order valence-corrected chi connectivity index (χ4v) is 0.768. The second kappa shape index (κ2) is 11.2. The zero-order valence-corrected chi connectivity index (χ0v) is 23.8. The predicted molar refractivity (Wildman–Crippen MR) is 44.0 cm³/mol. The Balaban J connectivity index is -0.000000240. The largest absolute Gasteiger partial charge is 0.388 e. The number of hydrogen-bond acceptors (Lipinski definition) is 5. The van der Waals surface area contributed by atoms with Gasteiger partial charge in [0, 0.05) is 132 Å². The summed E-state index contributed by atoms with van der Waals surface area (Å²) < 4.78 is 0. The van der Waals surface area contributed by atoms with Gasteiger partial charge in [-0.05, 0) is 20.8 Å². The molecule has 2 atom stereocenters. The van der Waals surface area contributed by atoms with Gasteiger partial charge in [0.1, 0.15) is 6.61 Å². The maximum absolute atomic E-state index is 11.0. The summed E-state index contributed by atoms with van der Waals surface area (Å²) in [6, 6.07) is 0. The predicted octanol–water partition coefficient (Wildman–Crippen LogP) is -1.36. The molecule has 0 saturated heterocycles. The van der Waals surface area contributed by atoms with Crippen molar-refractivity contribution < 1.29 is 157 Å². The van der Waals surface area contributed by atoms with E-state index in [1.54, 1.807) is 0 Å². The molecule has 0 rings (SSSR count). The molecule has 0 aromatic rings. The minimum absolute atomic E-state index is 0. The molecule has 0 heterocycles. The maximum atomic E-state index is 11.0. The van der Waals surface area contributed by atoms with Gasteiger partial charge < -0.3 is 15.3 Å². The van der Waals surface area contributed by atoms with Crippen molar-refractivity contribution in [2.24, 2.45) is 0 Å². The van der Waals surface area contributed by atoms with Gasteiger partial charge in [-0.15, -0.1) is 0 Å². The number of Topliss-reactive ketones (excluding diaryl/α,β-unsaturated/α-hetero) is 2. The molecule has 0 aliphatic carbocycles. The standard InChI is InChI=1S/C8H14O5.3Ac/c1-5(10)7(2,12)8(3,13)6(11)4-9;;;/h9,12-13H,4H2,1-3H3;;;. The Bertz CT molecular complexity index is 240. The van der Waals surface area contributed by atoms with Crippen molar-refractivity contribution in [2.45, 2.75) is 32.0 Å². The summed E-state index contributed by atoms with van der Waals surface area (Å²) in [4.78, 5) is 21.9. The summed E-state index contributed by atoms with van der Waals surface area (Å²) in [5.74, 6) is -1.73.